The van der Waals surface area contributed by atoms with Crippen molar-refractivity contribution in [1.82, 2.24) is 0 Å². The molecule has 1 heteroatoms. The summed E-state index contributed by atoms with van der Waals surface area (Å²) in [6.45, 7) is 0. The van der Waals surface area contributed by atoms with Gasteiger partial charge in [0, 0.05) is 6.04 Å². The second-order valence-corrected chi connectivity index (χ2v) is 5.14. The molecule has 0 saturated heterocycles. The van der Waals surface area contributed by atoms with Crippen molar-refractivity contribution in [3.8, 4) is 0 Å². The zero-order chi connectivity index (χ0) is 10.3. The Hall–Kier alpha value is -0.820. The molecule has 1 saturated carbocycles. The van der Waals surface area contributed by atoms with Gasteiger partial charge in [0.25, 0.3) is 0 Å². The average molecular weight is 201 g/mol. The van der Waals surface area contributed by atoms with Crippen molar-refractivity contribution in [1.29, 1.82) is 0 Å². The zero-order valence-electron chi connectivity index (χ0n) is 9.15. The van der Waals surface area contributed by atoms with Gasteiger partial charge in [-0.2, -0.15) is 0 Å². The molecule has 0 radical (unpaired) electrons. The third kappa shape index (κ3) is 1.50. The molecule has 0 heterocycles. The summed E-state index contributed by atoms with van der Waals surface area (Å²) in [5.41, 5.74) is 9.33. The maximum atomic E-state index is 6.40. The Morgan fingerprint density at radius 1 is 1.07 bits per heavy atom. The number of hydrogen-bond acceptors (Lipinski definition) is 1. The molecule has 2 aliphatic rings. The highest BCUT2D eigenvalue weighted by molar-refractivity contribution is 5.33. The van der Waals surface area contributed by atoms with Crippen LogP contribution >= 0.6 is 0 Å². The van der Waals surface area contributed by atoms with E-state index in [1.54, 1.807) is 0 Å². The molecule has 0 amide bonds. The minimum Gasteiger partial charge on any atom is -0.324 e. The normalized spacial score (nSPS) is 34.3. The molecule has 15 heavy (non-hydrogen) atoms. The van der Waals surface area contributed by atoms with E-state index in [-0.39, 0.29) is 0 Å². The molecule has 3 rings (SSSR count). The van der Waals surface area contributed by atoms with Gasteiger partial charge in [0.2, 0.25) is 0 Å². The van der Waals surface area contributed by atoms with Crippen LogP contribution in [0.25, 0.3) is 0 Å². The Morgan fingerprint density at radius 2 is 1.87 bits per heavy atom. The van der Waals surface area contributed by atoms with Crippen LogP contribution in [0.4, 0.5) is 0 Å². The van der Waals surface area contributed by atoms with Crippen LogP contribution in [0.3, 0.4) is 0 Å². The van der Waals surface area contributed by atoms with Crippen molar-refractivity contribution in [2.24, 2.45) is 17.6 Å². The van der Waals surface area contributed by atoms with Gasteiger partial charge >= 0.3 is 0 Å². The molecular weight excluding hydrogens is 182 g/mol. The van der Waals surface area contributed by atoms with Gasteiger partial charge in [0.05, 0.1) is 0 Å². The smallest absolute Gasteiger partial charge is 0.0329 e. The Kier molecular flexibility index (Phi) is 2.28. The van der Waals surface area contributed by atoms with Gasteiger partial charge in [0.1, 0.15) is 0 Å². The second-order valence-electron chi connectivity index (χ2n) is 5.14. The standard InChI is InChI=1S/C14H19N/c15-14-12-7-3-1-5-10(12)9-11-6-2-4-8-13(11)14/h1,3,5,7,11,13-14H,2,4,6,8-9,15H2. The predicted octanol–water partition coefficient (Wildman–Crippen LogP) is 3.05. The van der Waals surface area contributed by atoms with Crippen LogP contribution < -0.4 is 5.73 Å². The first-order valence-electron chi connectivity index (χ1n) is 6.19. The van der Waals surface area contributed by atoms with Gasteiger partial charge in [-0.3, -0.25) is 0 Å². The van der Waals surface area contributed by atoms with Crippen molar-refractivity contribution in [2.45, 2.75) is 38.1 Å². The fraction of sp³-hybridized carbons (Fsp3) is 0.571. The van der Waals surface area contributed by atoms with Crippen LogP contribution in [0.15, 0.2) is 24.3 Å². The summed E-state index contributed by atoms with van der Waals surface area (Å²) in [7, 11) is 0. The van der Waals surface area contributed by atoms with E-state index in [0.717, 1.165) is 11.8 Å². The van der Waals surface area contributed by atoms with E-state index in [0.29, 0.717) is 6.04 Å². The van der Waals surface area contributed by atoms with Crippen LogP contribution in [-0.2, 0) is 6.42 Å². The molecule has 3 unspecified atom stereocenters. The van der Waals surface area contributed by atoms with E-state index in [9.17, 15) is 0 Å². The van der Waals surface area contributed by atoms with Crippen molar-refractivity contribution in [2.75, 3.05) is 0 Å². The van der Waals surface area contributed by atoms with E-state index < -0.39 is 0 Å². The summed E-state index contributed by atoms with van der Waals surface area (Å²) < 4.78 is 0. The van der Waals surface area contributed by atoms with Crippen LogP contribution in [0.1, 0.15) is 42.9 Å². The van der Waals surface area contributed by atoms with E-state index in [2.05, 4.69) is 24.3 Å². The molecular formula is C14H19N. The number of rotatable bonds is 0. The summed E-state index contributed by atoms with van der Waals surface area (Å²) in [5.74, 6) is 1.62. The molecule has 3 atom stereocenters. The monoisotopic (exact) mass is 201 g/mol. The van der Waals surface area contributed by atoms with Crippen molar-refractivity contribution in [3.05, 3.63) is 35.4 Å². The number of benzene rings is 1. The summed E-state index contributed by atoms with van der Waals surface area (Å²) in [6, 6.07) is 9.07. The Morgan fingerprint density at radius 3 is 2.80 bits per heavy atom. The quantitative estimate of drug-likeness (QED) is 0.686. The van der Waals surface area contributed by atoms with Crippen molar-refractivity contribution >= 4 is 0 Å². The first kappa shape index (κ1) is 9.41. The first-order chi connectivity index (χ1) is 7.36. The first-order valence-corrected chi connectivity index (χ1v) is 6.19. The summed E-state index contributed by atoms with van der Waals surface area (Å²) >= 11 is 0. The van der Waals surface area contributed by atoms with Gasteiger partial charge in [-0.1, -0.05) is 37.1 Å². The summed E-state index contributed by atoms with van der Waals surface area (Å²) in [6.07, 6.45) is 6.81. The van der Waals surface area contributed by atoms with Gasteiger partial charge in [-0.15, -0.1) is 0 Å². The lowest BCUT2D eigenvalue weighted by molar-refractivity contribution is 0.186. The second kappa shape index (κ2) is 3.64. The van der Waals surface area contributed by atoms with E-state index in [1.165, 1.54) is 43.2 Å². The zero-order valence-corrected chi connectivity index (χ0v) is 9.15. The molecule has 1 aromatic carbocycles. The maximum absolute atomic E-state index is 6.40. The highest BCUT2D eigenvalue weighted by atomic mass is 14.7. The van der Waals surface area contributed by atoms with Crippen LogP contribution in [0.5, 0.6) is 0 Å². The molecule has 80 valence electrons. The van der Waals surface area contributed by atoms with Crippen LogP contribution in [-0.4, -0.2) is 0 Å². The molecule has 2 aliphatic carbocycles. The Bertz CT molecular complexity index is 358. The summed E-state index contributed by atoms with van der Waals surface area (Å²) in [4.78, 5) is 0. The maximum Gasteiger partial charge on any atom is 0.0329 e. The lowest BCUT2D eigenvalue weighted by atomic mass is 9.66. The molecule has 2 N–H and O–H groups in total. The molecule has 0 spiro atoms. The predicted molar refractivity (Wildman–Crippen MR) is 62.5 cm³/mol. The number of fused-ring (bicyclic) bond motifs is 2. The third-order valence-electron chi connectivity index (χ3n) is 4.33. The van der Waals surface area contributed by atoms with Gasteiger partial charge < -0.3 is 5.73 Å². The summed E-state index contributed by atoms with van der Waals surface area (Å²) in [5, 5.41) is 0. The fourth-order valence-electron chi connectivity index (χ4n) is 3.52. The molecule has 0 aromatic heterocycles. The Labute approximate surface area is 91.7 Å². The minimum atomic E-state index is 0.306. The Balaban J connectivity index is 1.98. The van der Waals surface area contributed by atoms with Crippen molar-refractivity contribution < 1.29 is 0 Å². The SMILES string of the molecule is NC1c2ccccc2CC2CCCCC21. The van der Waals surface area contributed by atoms with E-state index in [1.807, 2.05) is 0 Å². The molecule has 1 nitrogen and oxygen atoms in total. The minimum absolute atomic E-state index is 0.306. The lowest BCUT2D eigenvalue weighted by Crippen LogP contribution is -2.36. The third-order valence-corrected chi connectivity index (χ3v) is 4.33. The van der Waals surface area contributed by atoms with Crippen molar-refractivity contribution in [3.63, 3.8) is 0 Å². The number of nitrogens with two attached hydrogens (primary N) is 1. The van der Waals surface area contributed by atoms with Gasteiger partial charge in [-0.25, -0.2) is 0 Å². The average Bonchev–Trinajstić information content (AvgIpc) is 2.30. The molecule has 1 aromatic rings. The fourth-order valence-corrected chi connectivity index (χ4v) is 3.52. The number of hydrogen-bond donors (Lipinski definition) is 1. The van der Waals surface area contributed by atoms with Crippen LogP contribution in [0, 0.1) is 11.8 Å². The van der Waals surface area contributed by atoms with Crippen LogP contribution in [0.2, 0.25) is 0 Å². The lowest BCUT2D eigenvalue weighted by Gasteiger charge is -2.40. The molecule has 0 bridgehead atoms. The molecule has 0 aliphatic heterocycles. The topological polar surface area (TPSA) is 26.0 Å². The highest BCUT2D eigenvalue weighted by Crippen LogP contribution is 2.44. The highest BCUT2D eigenvalue weighted by Gasteiger charge is 2.35. The van der Waals surface area contributed by atoms with E-state index >= 15 is 0 Å². The molecule has 1 fully saturated rings. The van der Waals surface area contributed by atoms with E-state index in [4.69, 9.17) is 5.73 Å². The largest absolute Gasteiger partial charge is 0.324 e. The van der Waals surface area contributed by atoms with Gasteiger partial charge in [0.15, 0.2) is 0 Å². The van der Waals surface area contributed by atoms with Gasteiger partial charge in [-0.05, 0) is 42.2 Å².